The second kappa shape index (κ2) is 6.84. The van der Waals surface area contributed by atoms with Gasteiger partial charge in [-0.3, -0.25) is 9.88 Å². The lowest BCUT2D eigenvalue weighted by Gasteiger charge is -2.42. The van der Waals surface area contributed by atoms with Crippen LogP contribution in [0.3, 0.4) is 0 Å². The van der Waals surface area contributed by atoms with Crippen LogP contribution in [-0.4, -0.2) is 52.5 Å². The first kappa shape index (κ1) is 16.1. The predicted octanol–water partition coefficient (Wildman–Crippen LogP) is 3.45. The molecule has 2 aliphatic rings. The standard InChI is InChI=1S/C20H24N4O/c1-15-13-23-11-5-8-18(23)14-24(15)20(25)22-17-9-10-21-19(12-17)16-6-3-2-4-7-16/h2-4,6-7,9-10,12,15,18H,5,8,11,13-14H2,1H3,(H,21,22,25). The molecule has 2 saturated heterocycles. The van der Waals surface area contributed by atoms with Crippen molar-refractivity contribution in [1.82, 2.24) is 14.8 Å². The molecule has 2 fully saturated rings. The summed E-state index contributed by atoms with van der Waals surface area (Å²) in [5.74, 6) is 0. The van der Waals surface area contributed by atoms with E-state index in [4.69, 9.17) is 0 Å². The van der Waals surface area contributed by atoms with E-state index in [2.05, 4.69) is 22.1 Å². The first-order valence-corrected chi connectivity index (χ1v) is 9.04. The molecule has 25 heavy (non-hydrogen) atoms. The van der Waals surface area contributed by atoms with E-state index >= 15 is 0 Å². The van der Waals surface area contributed by atoms with E-state index in [-0.39, 0.29) is 12.1 Å². The van der Waals surface area contributed by atoms with Crippen LogP contribution in [0.5, 0.6) is 0 Å². The van der Waals surface area contributed by atoms with Gasteiger partial charge in [0, 0.05) is 42.6 Å². The number of pyridine rings is 1. The normalized spacial score (nSPS) is 23.3. The largest absolute Gasteiger partial charge is 0.322 e. The van der Waals surface area contributed by atoms with Crippen LogP contribution in [0, 0.1) is 0 Å². The Balaban J connectivity index is 1.47. The highest BCUT2D eigenvalue weighted by molar-refractivity contribution is 5.90. The lowest BCUT2D eigenvalue weighted by Crippen LogP contribution is -2.57. The Bertz CT molecular complexity index is 748. The molecule has 0 spiro atoms. The van der Waals surface area contributed by atoms with Crippen molar-refractivity contribution in [3.63, 3.8) is 0 Å². The van der Waals surface area contributed by atoms with Crippen LogP contribution in [0.25, 0.3) is 11.3 Å². The Morgan fingerprint density at radius 2 is 2.04 bits per heavy atom. The van der Waals surface area contributed by atoms with Gasteiger partial charge in [-0.05, 0) is 38.4 Å². The Morgan fingerprint density at radius 3 is 2.88 bits per heavy atom. The summed E-state index contributed by atoms with van der Waals surface area (Å²) >= 11 is 0. The van der Waals surface area contributed by atoms with Gasteiger partial charge in [-0.2, -0.15) is 0 Å². The van der Waals surface area contributed by atoms with Crippen molar-refractivity contribution in [3.05, 3.63) is 48.7 Å². The van der Waals surface area contributed by atoms with E-state index in [1.807, 2.05) is 47.4 Å². The molecule has 0 radical (unpaired) electrons. The molecular formula is C20H24N4O. The zero-order valence-electron chi connectivity index (χ0n) is 14.6. The fraction of sp³-hybridized carbons (Fsp3) is 0.400. The van der Waals surface area contributed by atoms with Gasteiger partial charge in [0.2, 0.25) is 0 Å². The summed E-state index contributed by atoms with van der Waals surface area (Å²) < 4.78 is 0. The van der Waals surface area contributed by atoms with Gasteiger partial charge >= 0.3 is 6.03 Å². The number of rotatable bonds is 2. The summed E-state index contributed by atoms with van der Waals surface area (Å²) in [7, 11) is 0. The SMILES string of the molecule is CC1CN2CCCC2CN1C(=O)Nc1ccnc(-c2ccccc2)c1. The molecule has 130 valence electrons. The molecule has 2 atom stereocenters. The average molecular weight is 336 g/mol. The van der Waals surface area contributed by atoms with Gasteiger partial charge in [0.25, 0.3) is 0 Å². The van der Waals surface area contributed by atoms with E-state index < -0.39 is 0 Å². The average Bonchev–Trinajstić information content (AvgIpc) is 3.09. The molecule has 4 rings (SSSR count). The number of hydrogen-bond donors (Lipinski definition) is 1. The molecule has 5 nitrogen and oxygen atoms in total. The number of fused-ring (bicyclic) bond motifs is 1. The molecule has 0 aliphatic carbocycles. The molecule has 2 aromatic rings. The summed E-state index contributed by atoms with van der Waals surface area (Å²) in [6, 6.07) is 14.6. The van der Waals surface area contributed by atoms with Crippen molar-refractivity contribution in [2.24, 2.45) is 0 Å². The smallest absolute Gasteiger partial charge is 0.319 e. The molecule has 1 aromatic carbocycles. The van der Waals surface area contributed by atoms with Gasteiger partial charge in [0.15, 0.2) is 0 Å². The fourth-order valence-electron chi connectivity index (χ4n) is 3.94. The van der Waals surface area contributed by atoms with E-state index in [1.165, 1.54) is 19.4 Å². The zero-order valence-corrected chi connectivity index (χ0v) is 14.6. The van der Waals surface area contributed by atoms with E-state index in [1.54, 1.807) is 6.20 Å². The molecule has 1 N–H and O–H groups in total. The highest BCUT2D eigenvalue weighted by Gasteiger charge is 2.36. The van der Waals surface area contributed by atoms with Crippen molar-refractivity contribution in [1.29, 1.82) is 0 Å². The van der Waals surface area contributed by atoms with Crippen LogP contribution in [0.1, 0.15) is 19.8 Å². The summed E-state index contributed by atoms with van der Waals surface area (Å²) in [4.78, 5) is 21.7. The minimum atomic E-state index is -0.00994. The molecule has 1 aromatic heterocycles. The molecule has 0 bridgehead atoms. The van der Waals surface area contributed by atoms with Gasteiger partial charge in [-0.1, -0.05) is 30.3 Å². The Kier molecular flexibility index (Phi) is 4.40. The number of anilines is 1. The second-order valence-electron chi connectivity index (χ2n) is 7.02. The quantitative estimate of drug-likeness (QED) is 0.914. The maximum Gasteiger partial charge on any atom is 0.322 e. The number of piperazine rings is 1. The van der Waals surface area contributed by atoms with Crippen LogP contribution in [0.2, 0.25) is 0 Å². The van der Waals surface area contributed by atoms with E-state index in [0.29, 0.717) is 6.04 Å². The maximum atomic E-state index is 12.8. The van der Waals surface area contributed by atoms with Gasteiger partial charge in [0.05, 0.1) is 5.69 Å². The van der Waals surface area contributed by atoms with Crippen molar-refractivity contribution in [2.75, 3.05) is 25.0 Å². The van der Waals surface area contributed by atoms with Crippen LogP contribution in [0.4, 0.5) is 10.5 Å². The summed E-state index contributed by atoms with van der Waals surface area (Å²) in [6.45, 7) is 5.11. The number of urea groups is 1. The van der Waals surface area contributed by atoms with Gasteiger partial charge in [-0.15, -0.1) is 0 Å². The number of carbonyl (C=O) groups is 1. The minimum absolute atomic E-state index is 0.00994. The first-order chi connectivity index (χ1) is 12.2. The summed E-state index contributed by atoms with van der Waals surface area (Å²) in [5.41, 5.74) is 2.71. The zero-order chi connectivity index (χ0) is 17.2. The third-order valence-electron chi connectivity index (χ3n) is 5.28. The number of aromatic nitrogens is 1. The predicted molar refractivity (Wildman–Crippen MR) is 99.5 cm³/mol. The number of hydrogen-bond acceptors (Lipinski definition) is 3. The number of carbonyl (C=O) groups excluding carboxylic acids is 1. The number of amides is 2. The van der Waals surface area contributed by atoms with Crippen LogP contribution < -0.4 is 5.32 Å². The number of nitrogens with one attached hydrogen (secondary N) is 1. The minimum Gasteiger partial charge on any atom is -0.319 e. The molecule has 2 aliphatic heterocycles. The van der Waals surface area contributed by atoms with E-state index in [0.717, 1.165) is 30.0 Å². The first-order valence-electron chi connectivity index (χ1n) is 9.04. The highest BCUT2D eigenvalue weighted by atomic mass is 16.2. The molecular weight excluding hydrogens is 312 g/mol. The van der Waals surface area contributed by atoms with Crippen molar-refractivity contribution in [3.8, 4) is 11.3 Å². The monoisotopic (exact) mass is 336 g/mol. The highest BCUT2D eigenvalue weighted by Crippen LogP contribution is 2.25. The van der Waals surface area contributed by atoms with Crippen LogP contribution in [0.15, 0.2) is 48.7 Å². The Labute approximate surface area is 148 Å². The Hall–Kier alpha value is -2.40. The second-order valence-corrected chi connectivity index (χ2v) is 7.02. The van der Waals surface area contributed by atoms with Crippen molar-refractivity contribution < 1.29 is 4.79 Å². The topological polar surface area (TPSA) is 48.5 Å². The van der Waals surface area contributed by atoms with E-state index in [9.17, 15) is 4.79 Å². The number of nitrogens with zero attached hydrogens (tertiary/aromatic N) is 3. The molecule has 2 unspecified atom stereocenters. The molecule has 2 amide bonds. The lowest BCUT2D eigenvalue weighted by molar-refractivity contribution is 0.0861. The van der Waals surface area contributed by atoms with Crippen molar-refractivity contribution >= 4 is 11.7 Å². The molecule has 5 heteroatoms. The molecule has 0 saturated carbocycles. The third-order valence-corrected chi connectivity index (χ3v) is 5.28. The fourth-order valence-corrected chi connectivity index (χ4v) is 3.94. The van der Waals surface area contributed by atoms with Crippen molar-refractivity contribution in [2.45, 2.75) is 31.8 Å². The third kappa shape index (κ3) is 3.37. The van der Waals surface area contributed by atoms with Crippen LogP contribution in [-0.2, 0) is 0 Å². The lowest BCUT2D eigenvalue weighted by atomic mass is 10.1. The maximum absolute atomic E-state index is 12.8. The van der Waals surface area contributed by atoms with Gasteiger partial charge < -0.3 is 10.2 Å². The van der Waals surface area contributed by atoms with Gasteiger partial charge in [0.1, 0.15) is 0 Å². The van der Waals surface area contributed by atoms with Crippen LogP contribution >= 0.6 is 0 Å². The number of benzene rings is 1. The van der Waals surface area contributed by atoms with Gasteiger partial charge in [-0.25, -0.2) is 4.79 Å². The molecule has 3 heterocycles. The summed E-state index contributed by atoms with van der Waals surface area (Å²) in [5, 5.41) is 3.06. The summed E-state index contributed by atoms with van der Waals surface area (Å²) in [6.07, 6.45) is 4.19. The Morgan fingerprint density at radius 1 is 1.20 bits per heavy atom.